The first-order chi connectivity index (χ1) is 7.79. The van der Waals surface area contributed by atoms with Gasteiger partial charge in [-0.1, -0.05) is 0 Å². The van der Waals surface area contributed by atoms with Gasteiger partial charge < -0.3 is 10.6 Å². The molecule has 1 aromatic carbocycles. The molecule has 0 aromatic heterocycles. The summed E-state index contributed by atoms with van der Waals surface area (Å²) in [5.41, 5.74) is -0.203. The summed E-state index contributed by atoms with van der Waals surface area (Å²) < 4.78 is 38.9. The zero-order valence-corrected chi connectivity index (χ0v) is 10.2. The predicted octanol–water partition coefficient (Wildman–Crippen LogP) is 2.90. The Morgan fingerprint density at radius 1 is 1.06 bits per heavy atom. The first-order valence-electron chi connectivity index (χ1n) is 5.43. The number of halogens is 3. The minimum atomic E-state index is -1.18. The molecule has 0 aliphatic heterocycles. The molecule has 0 spiro atoms. The van der Waals surface area contributed by atoms with Crippen LogP contribution in [0, 0.1) is 17.5 Å². The lowest BCUT2D eigenvalue weighted by Gasteiger charge is -2.20. The van der Waals surface area contributed by atoms with E-state index in [0.29, 0.717) is 19.2 Å². The molecule has 0 amide bonds. The highest BCUT2D eigenvalue weighted by molar-refractivity contribution is 5.45. The molecule has 5 heteroatoms. The summed E-state index contributed by atoms with van der Waals surface area (Å²) >= 11 is 0. The molecule has 96 valence electrons. The van der Waals surface area contributed by atoms with Gasteiger partial charge in [-0.3, -0.25) is 0 Å². The molecule has 0 saturated heterocycles. The second-order valence-electron chi connectivity index (χ2n) is 4.85. The lowest BCUT2D eigenvalue weighted by atomic mass is 10.1. The molecule has 0 unspecified atom stereocenters. The van der Waals surface area contributed by atoms with Crippen molar-refractivity contribution in [2.75, 3.05) is 18.4 Å². The topological polar surface area (TPSA) is 24.1 Å². The molecule has 0 aliphatic rings. The normalized spacial score (nSPS) is 11.6. The number of rotatable bonds is 4. The van der Waals surface area contributed by atoms with Crippen molar-refractivity contribution in [2.24, 2.45) is 0 Å². The van der Waals surface area contributed by atoms with E-state index in [1.165, 1.54) is 0 Å². The van der Waals surface area contributed by atoms with Crippen LogP contribution >= 0.6 is 0 Å². The summed E-state index contributed by atoms with van der Waals surface area (Å²) in [5, 5.41) is 5.82. The molecular formula is C12H17F3N2. The Bertz CT molecular complexity index is 386. The third kappa shape index (κ3) is 4.65. The molecule has 0 fully saturated rings. The molecule has 0 saturated carbocycles. The van der Waals surface area contributed by atoms with Crippen molar-refractivity contribution in [2.45, 2.75) is 26.3 Å². The second-order valence-corrected chi connectivity index (χ2v) is 4.85. The first-order valence-corrected chi connectivity index (χ1v) is 5.43. The zero-order chi connectivity index (χ0) is 13.1. The fourth-order valence-electron chi connectivity index (χ4n) is 1.32. The van der Waals surface area contributed by atoms with Gasteiger partial charge in [-0.25, -0.2) is 13.2 Å². The molecule has 17 heavy (non-hydrogen) atoms. The van der Waals surface area contributed by atoms with Gasteiger partial charge in [-0.15, -0.1) is 0 Å². The largest absolute Gasteiger partial charge is 0.381 e. The highest BCUT2D eigenvalue weighted by atomic mass is 19.2. The van der Waals surface area contributed by atoms with E-state index in [2.05, 4.69) is 10.6 Å². The van der Waals surface area contributed by atoms with Crippen molar-refractivity contribution >= 4 is 5.69 Å². The van der Waals surface area contributed by atoms with Crippen molar-refractivity contribution in [1.82, 2.24) is 5.32 Å². The van der Waals surface area contributed by atoms with Gasteiger partial charge in [-0.2, -0.15) is 0 Å². The summed E-state index contributed by atoms with van der Waals surface area (Å²) in [5.74, 6) is -3.03. The minimum Gasteiger partial charge on any atom is -0.381 e. The predicted molar refractivity (Wildman–Crippen MR) is 62.6 cm³/mol. The Kier molecular flexibility index (Phi) is 4.40. The van der Waals surface area contributed by atoms with Crippen LogP contribution in [0.4, 0.5) is 18.9 Å². The standard InChI is InChI=1S/C12H17F3N2/c1-12(2,3)17-5-4-16-10-7-8(13)6-9(14)11(10)15/h6-7,16-17H,4-5H2,1-3H3. The number of hydrogen-bond donors (Lipinski definition) is 2. The van der Waals surface area contributed by atoms with Gasteiger partial charge in [0, 0.05) is 30.8 Å². The maximum Gasteiger partial charge on any atom is 0.182 e. The Morgan fingerprint density at radius 2 is 1.71 bits per heavy atom. The molecule has 0 bridgehead atoms. The molecule has 2 N–H and O–H groups in total. The van der Waals surface area contributed by atoms with Crippen molar-refractivity contribution in [3.05, 3.63) is 29.6 Å². The lowest BCUT2D eigenvalue weighted by Crippen LogP contribution is -2.38. The minimum absolute atomic E-state index is 0.0482. The number of nitrogens with one attached hydrogen (secondary N) is 2. The summed E-state index contributed by atoms with van der Waals surface area (Å²) in [6.45, 7) is 6.94. The molecule has 0 aliphatic carbocycles. The van der Waals surface area contributed by atoms with E-state index in [1.807, 2.05) is 20.8 Å². The summed E-state index contributed by atoms with van der Waals surface area (Å²) in [7, 11) is 0. The van der Waals surface area contributed by atoms with E-state index in [4.69, 9.17) is 0 Å². The molecule has 2 nitrogen and oxygen atoms in total. The Labute approximate surface area is 99.2 Å². The summed E-state index contributed by atoms with van der Waals surface area (Å²) in [6.07, 6.45) is 0. The summed E-state index contributed by atoms with van der Waals surface area (Å²) in [4.78, 5) is 0. The number of anilines is 1. The van der Waals surface area contributed by atoms with Gasteiger partial charge in [0.25, 0.3) is 0 Å². The van der Waals surface area contributed by atoms with Gasteiger partial charge in [0.15, 0.2) is 11.6 Å². The maximum atomic E-state index is 13.2. The highest BCUT2D eigenvalue weighted by Crippen LogP contribution is 2.18. The number of benzene rings is 1. The van der Waals surface area contributed by atoms with Crippen LogP contribution in [0.5, 0.6) is 0 Å². The van der Waals surface area contributed by atoms with Crippen molar-refractivity contribution < 1.29 is 13.2 Å². The lowest BCUT2D eigenvalue weighted by molar-refractivity contribution is 0.434. The van der Waals surface area contributed by atoms with Crippen LogP contribution in [0.1, 0.15) is 20.8 Å². The van der Waals surface area contributed by atoms with Crippen LogP contribution in [-0.4, -0.2) is 18.6 Å². The summed E-state index contributed by atoms with van der Waals surface area (Å²) in [6, 6.07) is 1.46. The third-order valence-electron chi connectivity index (χ3n) is 2.09. The van der Waals surface area contributed by atoms with E-state index in [0.717, 1.165) is 6.07 Å². The van der Waals surface area contributed by atoms with Crippen LogP contribution in [0.3, 0.4) is 0 Å². The van der Waals surface area contributed by atoms with Crippen molar-refractivity contribution in [3.63, 3.8) is 0 Å². The fraction of sp³-hybridized carbons (Fsp3) is 0.500. The molecule has 1 rings (SSSR count). The van der Waals surface area contributed by atoms with Crippen molar-refractivity contribution in [1.29, 1.82) is 0 Å². The number of hydrogen-bond acceptors (Lipinski definition) is 2. The SMILES string of the molecule is CC(C)(C)NCCNc1cc(F)cc(F)c1F. The van der Waals surface area contributed by atoms with Crippen LogP contribution in [-0.2, 0) is 0 Å². The van der Waals surface area contributed by atoms with Gasteiger partial charge in [0.2, 0.25) is 0 Å². The van der Waals surface area contributed by atoms with Crippen LogP contribution < -0.4 is 10.6 Å². The molecular weight excluding hydrogens is 229 g/mol. The monoisotopic (exact) mass is 246 g/mol. The average molecular weight is 246 g/mol. The van der Waals surface area contributed by atoms with Gasteiger partial charge >= 0.3 is 0 Å². The van der Waals surface area contributed by atoms with Crippen molar-refractivity contribution in [3.8, 4) is 0 Å². The Hall–Kier alpha value is -1.23. The quantitative estimate of drug-likeness (QED) is 0.630. The highest BCUT2D eigenvalue weighted by Gasteiger charge is 2.11. The third-order valence-corrected chi connectivity index (χ3v) is 2.09. The first kappa shape index (κ1) is 13.8. The van der Waals surface area contributed by atoms with E-state index in [9.17, 15) is 13.2 Å². The molecule has 0 radical (unpaired) electrons. The van der Waals surface area contributed by atoms with E-state index in [-0.39, 0.29) is 11.2 Å². The van der Waals surface area contributed by atoms with Gasteiger partial charge in [-0.05, 0) is 20.8 Å². The van der Waals surface area contributed by atoms with Crippen LogP contribution in [0.2, 0.25) is 0 Å². The van der Waals surface area contributed by atoms with Gasteiger partial charge in [0.1, 0.15) is 5.82 Å². The second kappa shape index (κ2) is 5.40. The average Bonchev–Trinajstić information content (AvgIpc) is 2.18. The Morgan fingerprint density at radius 3 is 2.29 bits per heavy atom. The smallest absolute Gasteiger partial charge is 0.182 e. The Balaban J connectivity index is 2.52. The fourth-order valence-corrected chi connectivity index (χ4v) is 1.32. The van der Waals surface area contributed by atoms with Gasteiger partial charge in [0.05, 0.1) is 5.69 Å². The zero-order valence-electron chi connectivity index (χ0n) is 10.2. The maximum absolute atomic E-state index is 13.2. The van der Waals surface area contributed by atoms with E-state index < -0.39 is 17.5 Å². The molecule has 0 heterocycles. The van der Waals surface area contributed by atoms with Crippen LogP contribution in [0.25, 0.3) is 0 Å². The van der Waals surface area contributed by atoms with Crippen LogP contribution in [0.15, 0.2) is 12.1 Å². The van der Waals surface area contributed by atoms with E-state index >= 15 is 0 Å². The molecule has 1 aromatic rings. The van der Waals surface area contributed by atoms with E-state index in [1.54, 1.807) is 0 Å². The molecule has 0 atom stereocenters.